The van der Waals surface area contributed by atoms with Crippen LogP contribution in [0.5, 0.6) is 0 Å². The van der Waals surface area contributed by atoms with Gasteiger partial charge in [0.1, 0.15) is 12.1 Å². The zero-order valence-corrected chi connectivity index (χ0v) is 15.7. The minimum absolute atomic E-state index is 0.0212. The summed E-state index contributed by atoms with van der Waals surface area (Å²) in [7, 11) is 0. The van der Waals surface area contributed by atoms with Gasteiger partial charge in [-0.3, -0.25) is 4.79 Å². The van der Waals surface area contributed by atoms with E-state index in [0.29, 0.717) is 25.1 Å². The topological polar surface area (TPSA) is 57.6 Å². The number of hydrogen-bond acceptors (Lipinski definition) is 4. The monoisotopic (exact) mass is 379 g/mol. The molecule has 0 radical (unpaired) electrons. The highest BCUT2D eigenvalue weighted by atomic mass is 32.2. The number of thioether (sulfide) groups is 1. The Hall–Kier alpha value is -1.66. The second-order valence-corrected chi connectivity index (χ2v) is 7.53. The second kappa shape index (κ2) is 11.1. The average molecular weight is 379 g/mol. The Kier molecular flexibility index (Phi) is 8.85. The standard InChI is InChI=1S/C20H26FNO3S/c21-17-6-4-16(5-7-17)14-19(24)10-8-18-9-11-20(25)22(18)15-26-13-3-1-2-12-23/h4-8,10,12,18-19,24H,1-3,9,11,13-15H2/b10-8+/t18-,19+/m0/s1. The number of aldehydes is 1. The van der Waals surface area contributed by atoms with E-state index in [4.69, 9.17) is 0 Å². The van der Waals surface area contributed by atoms with Gasteiger partial charge in [0.2, 0.25) is 5.91 Å². The first kappa shape index (κ1) is 20.6. The maximum absolute atomic E-state index is 12.9. The summed E-state index contributed by atoms with van der Waals surface area (Å²) >= 11 is 1.70. The van der Waals surface area contributed by atoms with Crippen molar-refractivity contribution in [1.29, 1.82) is 0 Å². The third-order valence-electron chi connectivity index (χ3n) is 4.38. The molecule has 1 fully saturated rings. The highest BCUT2D eigenvalue weighted by Gasteiger charge is 2.28. The van der Waals surface area contributed by atoms with E-state index in [1.165, 1.54) is 12.1 Å². The zero-order chi connectivity index (χ0) is 18.8. The number of halogens is 1. The Morgan fingerprint density at radius 2 is 2.08 bits per heavy atom. The molecule has 1 heterocycles. The van der Waals surface area contributed by atoms with Crippen molar-refractivity contribution >= 4 is 24.0 Å². The van der Waals surface area contributed by atoms with Crippen molar-refractivity contribution in [2.24, 2.45) is 0 Å². The van der Waals surface area contributed by atoms with Crippen molar-refractivity contribution in [3.8, 4) is 0 Å². The third-order valence-corrected chi connectivity index (χ3v) is 5.42. The first-order valence-corrected chi connectivity index (χ1v) is 10.2. The Labute approximate surface area is 158 Å². The predicted molar refractivity (Wildman–Crippen MR) is 102 cm³/mol. The van der Waals surface area contributed by atoms with Crippen LogP contribution < -0.4 is 0 Å². The van der Waals surface area contributed by atoms with Gasteiger partial charge in [-0.2, -0.15) is 0 Å². The van der Waals surface area contributed by atoms with Gasteiger partial charge in [-0.1, -0.05) is 24.3 Å². The minimum Gasteiger partial charge on any atom is -0.389 e. The highest BCUT2D eigenvalue weighted by molar-refractivity contribution is 7.99. The van der Waals surface area contributed by atoms with Gasteiger partial charge in [0.25, 0.3) is 0 Å². The van der Waals surface area contributed by atoms with Crippen molar-refractivity contribution in [2.45, 2.75) is 50.7 Å². The van der Waals surface area contributed by atoms with Gasteiger partial charge in [-0.15, -0.1) is 11.8 Å². The molecule has 6 heteroatoms. The summed E-state index contributed by atoms with van der Waals surface area (Å²) in [6.07, 6.45) is 8.11. The van der Waals surface area contributed by atoms with E-state index in [9.17, 15) is 19.1 Å². The Morgan fingerprint density at radius 3 is 2.81 bits per heavy atom. The molecule has 1 amide bonds. The molecule has 1 aromatic rings. The summed E-state index contributed by atoms with van der Waals surface area (Å²) in [5, 5.41) is 10.2. The molecule has 1 aliphatic heterocycles. The van der Waals surface area contributed by atoms with Crippen LogP contribution in [0.15, 0.2) is 36.4 Å². The van der Waals surface area contributed by atoms with Gasteiger partial charge in [-0.05, 0) is 42.7 Å². The number of carbonyl (C=O) groups is 2. The number of carbonyl (C=O) groups excluding carboxylic acids is 2. The Morgan fingerprint density at radius 1 is 1.31 bits per heavy atom. The molecule has 1 saturated heterocycles. The molecule has 1 aromatic carbocycles. The van der Waals surface area contributed by atoms with Crippen LogP contribution in [0, 0.1) is 5.82 Å². The lowest BCUT2D eigenvalue weighted by Crippen LogP contribution is -2.31. The first-order valence-electron chi connectivity index (χ1n) is 9.02. The zero-order valence-electron chi connectivity index (χ0n) is 14.9. The van der Waals surface area contributed by atoms with Crippen molar-refractivity contribution in [2.75, 3.05) is 11.6 Å². The summed E-state index contributed by atoms with van der Waals surface area (Å²) in [6.45, 7) is 0. The van der Waals surface area contributed by atoms with Crippen molar-refractivity contribution in [1.82, 2.24) is 4.90 Å². The number of aliphatic hydroxyl groups is 1. The number of unbranched alkanes of at least 4 members (excludes halogenated alkanes) is 2. The molecule has 1 aliphatic rings. The smallest absolute Gasteiger partial charge is 0.223 e. The maximum atomic E-state index is 12.9. The van der Waals surface area contributed by atoms with Crippen LogP contribution in [-0.4, -0.2) is 46.0 Å². The lowest BCUT2D eigenvalue weighted by Gasteiger charge is -2.22. The molecular formula is C20H26FNO3S. The van der Waals surface area contributed by atoms with Crippen LogP contribution in [0.4, 0.5) is 4.39 Å². The average Bonchev–Trinajstić information content (AvgIpc) is 2.98. The highest BCUT2D eigenvalue weighted by Crippen LogP contribution is 2.23. The summed E-state index contributed by atoms with van der Waals surface area (Å²) in [5.41, 5.74) is 0.869. The maximum Gasteiger partial charge on any atom is 0.223 e. The van der Waals surface area contributed by atoms with Crippen LogP contribution in [0.1, 0.15) is 37.7 Å². The summed E-state index contributed by atoms with van der Waals surface area (Å²) in [5.74, 6) is 1.43. The fourth-order valence-corrected chi connectivity index (χ4v) is 3.97. The number of benzene rings is 1. The van der Waals surface area contributed by atoms with E-state index >= 15 is 0 Å². The number of rotatable bonds is 11. The lowest BCUT2D eigenvalue weighted by atomic mass is 10.1. The van der Waals surface area contributed by atoms with Crippen molar-refractivity contribution in [3.05, 3.63) is 47.8 Å². The Bertz CT molecular complexity index is 606. The first-order chi connectivity index (χ1) is 12.6. The normalized spacial score (nSPS) is 18.6. The molecule has 2 atom stereocenters. The van der Waals surface area contributed by atoms with Crippen LogP contribution in [0.2, 0.25) is 0 Å². The number of likely N-dealkylation sites (tertiary alicyclic amines) is 1. The van der Waals surface area contributed by atoms with Gasteiger partial charge in [-0.25, -0.2) is 4.39 Å². The molecule has 1 N–H and O–H groups in total. The molecule has 0 aromatic heterocycles. The third kappa shape index (κ3) is 6.92. The largest absolute Gasteiger partial charge is 0.389 e. The summed E-state index contributed by atoms with van der Waals surface area (Å²) in [4.78, 5) is 24.2. The minimum atomic E-state index is -0.658. The van der Waals surface area contributed by atoms with E-state index in [-0.39, 0.29) is 17.8 Å². The molecule has 0 spiro atoms. The number of aliphatic hydroxyl groups excluding tert-OH is 1. The van der Waals surface area contributed by atoms with E-state index in [0.717, 1.165) is 36.9 Å². The quantitative estimate of drug-likeness (QED) is 0.364. The van der Waals surface area contributed by atoms with Gasteiger partial charge in [0.05, 0.1) is 18.0 Å². The van der Waals surface area contributed by atoms with Crippen LogP contribution >= 0.6 is 11.8 Å². The molecule has 2 rings (SSSR count). The number of amides is 1. The van der Waals surface area contributed by atoms with Crippen LogP contribution in [0.25, 0.3) is 0 Å². The van der Waals surface area contributed by atoms with Crippen LogP contribution in [0.3, 0.4) is 0 Å². The predicted octanol–water partition coefficient (Wildman–Crippen LogP) is 3.34. The van der Waals surface area contributed by atoms with E-state index in [2.05, 4.69) is 0 Å². The number of nitrogens with zero attached hydrogens (tertiary/aromatic N) is 1. The van der Waals surface area contributed by atoms with E-state index in [1.807, 2.05) is 11.0 Å². The molecule has 26 heavy (non-hydrogen) atoms. The van der Waals surface area contributed by atoms with E-state index in [1.54, 1.807) is 30.0 Å². The van der Waals surface area contributed by atoms with Crippen molar-refractivity contribution < 1.29 is 19.1 Å². The SMILES string of the molecule is O=CCCCCSCN1C(=O)CC[C@@H]1/C=C/[C@@H](O)Cc1ccc(F)cc1. The summed E-state index contributed by atoms with van der Waals surface area (Å²) in [6, 6.07) is 6.12. The van der Waals surface area contributed by atoms with Gasteiger partial charge in [0.15, 0.2) is 0 Å². The van der Waals surface area contributed by atoms with Gasteiger partial charge >= 0.3 is 0 Å². The van der Waals surface area contributed by atoms with Crippen LogP contribution in [-0.2, 0) is 16.0 Å². The van der Waals surface area contributed by atoms with Crippen molar-refractivity contribution in [3.63, 3.8) is 0 Å². The van der Waals surface area contributed by atoms with Gasteiger partial charge in [0, 0.05) is 19.3 Å². The molecule has 0 aliphatic carbocycles. The second-order valence-electron chi connectivity index (χ2n) is 6.45. The fourth-order valence-electron chi connectivity index (χ4n) is 2.90. The molecular weight excluding hydrogens is 353 g/mol. The molecule has 0 unspecified atom stereocenters. The molecule has 142 valence electrons. The lowest BCUT2D eigenvalue weighted by molar-refractivity contribution is -0.127. The van der Waals surface area contributed by atoms with E-state index < -0.39 is 6.10 Å². The fraction of sp³-hybridized carbons (Fsp3) is 0.500. The molecule has 4 nitrogen and oxygen atoms in total. The summed E-state index contributed by atoms with van der Waals surface area (Å²) < 4.78 is 12.9. The molecule has 0 saturated carbocycles. The molecule has 0 bridgehead atoms. The Balaban J connectivity index is 1.78. The van der Waals surface area contributed by atoms with Gasteiger partial charge < -0.3 is 14.8 Å². The number of hydrogen-bond donors (Lipinski definition) is 1.